The number of hydrogen-bond donors (Lipinski definition) is 1. The third-order valence-corrected chi connectivity index (χ3v) is 5.39. The molecule has 0 amide bonds. The van der Waals surface area contributed by atoms with E-state index in [0.29, 0.717) is 0 Å². The van der Waals surface area contributed by atoms with Gasteiger partial charge in [0, 0.05) is 11.8 Å². The molecule has 2 aliphatic rings. The van der Waals surface area contributed by atoms with Crippen LogP contribution in [-0.2, 0) is 4.43 Å². The average Bonchev–Trinajstić information content (AvgIpc) is 2.98. The number of hydrogen-bond acceptors (Lipinski definition) is 2. The van der Waals surface area contributed by atoms with Gasteiger partial charge < -0.3 is 4.43 Å². The number of rotatable bonds is 5. The highest BCUT2D eigenvalue weighted by Gasteiger charge is 2.46. The molecule has 0 unspecified atom stereocenters. The molecule has 0 aromatic carbocycles. The highest BCUT2D eigenvalue weighted by atomic mass is 28.2. The molecule has 0 bridgehead atoms. The third-order valence-electron chi connectivity index (χ3n) is 4.71. The molecule has 1 N–H and O–H groups in total. The van der Waals surface area contributed by atoms with Crippen molar-refractivity contribution in [2.75, 3.05) is 6.54 Å². The van der Waals surface area contributed by atoms with E-state index in [1.807, 2.05) is 0 Å². The fraction of sp³-hybridized carbons (Fsp3) is 1.00. The van der Waals surface area contributed by atoms with Crippen LogP contribution in [0, 0.1) is 11.8 Å². The molecule has 0 aliphatic heterocycles. The molecule has 0 aromatic heterocycles. The van der Waals surface area contributed by atoms with E-state index in [1.54, 1.807) is 0 Å². The van der Waals surface area contributed by atoms with E-state index in [4.69, 9.17) is 4.43 Å². The maximum Gasteiger partial charge on any atom is 0.148 e. The first-order chi connectivity index (χ1) is 7.83. The highest BCUT2D eigenvalue weighted by Crippen LogP contribution is 2.44. The van der Waals surface area contributed by atoms with E-state index in [0.717, 1.165) is 28.9 Å². The van der Waals surface area contributed by atoms with Crippen LogP contribution in [0.2, 0.25) is 0 Å². The van der Waals surface area contributed by atoms with Gasteiger partial charge in [0.25, 0.3) is 0 Å². The summed E-state index contributed by atoms with van der Waals surface area (Å²) >= 11 is 0. The van der Waals surface area contributed by atoms with Gasteiger partial charge in [-0.05, 0) is 32.2 Å². The first-order valence-electron chi connectivity index (χ1n) is 7.13. The second-order valence-electron chi connectivity index (χ2n) is 5.49. The first-order valence-corrected chi connectivity index (χ1v) is 7.95. The largest absolute Gasteiger partial charge is 0.410 e. The molecule has 0 saturated heterocycles. The van der Waals surface area contributed by atoms with Crippen LogP contribution in [0.3, 0.4) is 0 Å². The zero-order valence-electron chi connectivity index (χ0n) is 10.9. The Morgan fingerprint density at radius 2 is 1.50 bits per heavy atom. The fourth-order valence-electron chi connectivity index (χ4n) is 4.01. The zero-order valence-corrected chi connectivity index (χ0v) is 12.9. The molecule has 0 aromatic rings. The van der Waals surface area contributed by atoms with Crippen molar-refractivity contribution in [3.05, 3.63) is 0 Å². The van der Waals surface area contributed by atoms with Gasteiger partial charge in [-0.25, -0.2) is 0 Å². The van der Waals surface area contributed by atoms with Crippen LogP contribution in [-0.4, -0.2) is 22.8 Å². The lowest BCUT2D eigenvalue weighted by Crippen LogP contribution is -2.57. The van der Waals surface area contributed by atoms with Gasteiger partial charge in [0.2, 0.25) is 0 Å². The summed E-state index contributed by atoms with van der Waals surface area (Å²) in [6.07, 6.45) is 11.2. The first kappa shape index (κ1) is 12.6. The van der Waals surface area contributed by atoms with Crippen molar-refractivity contribution in [2.24, 2.45) is 11.8 Å². The lowest BCUT2D eigenvalue weighted by Gasteiger charge is -2.44. The Balaban J connectivity index is 2.14. The summed E-state index contributed by atoms with van der Waals surface area (Å²) in [5.41, 5.74) is 0.0635. The minimum atomic E-state index is 0.0635. The van der Waals surface area contributed by atoms with Gasteiger partial charge in [-0.3, -0.25) is 5.32 Å². The Bertz CT molecular complexity index is 194. The predicted molar refractivity (Wildman–Crippen MR) is 71.3 cm³/mol. The summed E-state index contributed by atoms with van der Waals surface area (Å²) in [6, 6.07) is 0. The average molecular weight is 241 g/mol. The summed E-state index contributed by atoms with van der Waals surface area (Å²) < 4.78 is 6.17. The second-order valence-corrected chi connectivity index (χ2v) is 5.90. The van der Waals surface area contributed by atoms with Crippen LogP contribution >= 0.6 is 0 Å². The van der Waals surface area contributed by atoms with Crippen molar-refractivity contribution >= 4 is 10.5 Å². The maximum absolute atomic E-state index is 6.17. The summed E-state index contributed by atoms with van der Waals surface area (Å²) in [4.78, 5) is 0. The van der Waals surface area contributed by atoms with E-state index in [-0.39, 0.29) is 5.72 Å². The molecule has 0 radical (unpaired) electrons. The maximum atomic E-state index is 6.17. The molecule has 94 valence electrons. The van der Waals surface area contributed by atoms with Gasteiger partial charge in [-0.1, -0.05) is 32.6 Å². The van der Waals surface area contributed by atoms with Gasteiger partial charge in [-0.2, -0.15) is 0 Å². The van der Waals surface area contributed by atoms with Crippen molar-refractivity contribution in [3.8, 4) is 0 Å². The smallest absolute Gasteiger partial charge is 0.148 e. The van der Waals surface area contributed by atoms with Gasteiger partial charge in [0.15, 0.2) is 0 Å². The summed E-state index contributed by atoms with van der Waals surface area (Å²) in [5, 5.41) is 3.74. The second kappa shape index (κ2) is 5.65. The van der Waals surface area contributed by atoms with Gasteiger partial charge in [0.05, 0.1) is 0 Å². The van der Waals surface area contributed by atoms with Crippen LogP contribution in [0.1, 0.15) is 58.3 Å². The van der Waals surface area contributed by atoms with Crippen molar-refractivity contribution in [2.45, 2.75) is 64.0 Å². The number of nitrogens with one attached hydrogen (secondary N) is 1. The van der Waals surface area contributed by atoms with Crippen LogP contribution in [0.4, 0.5) is 0 Å². The van der Waals surface area contributed by atoms with Crippen molar-refractivity contribution in [1.29, 1.82) is 0 Å². The molecule has 2 rings (SSSR count). The van der Waals surface area contributed by atoms with E-state index in [1.165, 1.54) is 51.4 Å². The third kappa shape index (κ3) is 2.22. The van der Waals surface area contributed by atoms with E-state index in [9.17, 15) is 0 Å². The Labute approximate surface area is 103 Å². The topological polar surface area (TPSA) is 21.3 Å². The molecule has 0 atom stereocenters. The van der Waals surface area contributed by atoms with Crippen LogP contribution in [0.15, 0.2) is 0 Å². The monoisotopic (exact) mass is 241 g/mol. The predicted octanol–water partition coefficient (Wildman–Crippen LogP) is 1.97. The van der Waals surface area contributed by atoms with E-state index < -0.39 is 0 Å². The van der Waals surface area contributed by atoms with Crippen LogP contribution in [0.5, 0.6) is 0 Å². The molecule has 2 fully saturated rings. The Morgan fingerprint density at radius 3 is 1.81 bits per heavy atom. The van der Waals surface area contributed by atoms with Gasteiger partial charge in [-0.15, -0.1) is 0 Å². The lowest BCUT2D eigenvalue weighted by atomic mass is 9.81. The minimum Gasteiger partial charge on any atom is -0.410 e. The summed E-state index contributed by atoms with van der Waals surface area (Å²) in [5.74, 6) is 1.57. The Kier molecular flexibility index (Phi) is 4.45. The van der Waals surface area contributed by atoms with E-state index in [2.05, 4.69) is 12.2 Å². The lowest BCUT2D eigenvalue weighted by molar-refractivity contribution is -0.0653. The minimum absolute atomic E-state index is 0.0635. The van der Waals surface area contributed by atoms with Crippen LogP contribution < -0.4 is 5.32 Å². The molecular formula is C13H27NOSi. The quantitative estimate of drug-likeness (QED) is 0.587. The van der Waals surface area contributed by atoms with Crippen molar-refractivity contribution in [3.63, 3.8) is 0 Å². The summed E-state index contributed by atoms with van der Waals surface area (Å²) in [6.45, 7) is 3.27. The molecule has 2 nitrogen and oxygen atoms in total. The molecular weight excluding hydrogens is 214 g/mol. The fourth-order valence-corrected chi connectivity index (χ4v) is 4.82. The summed E-state index contributed by atoms with van der Waals surface area (Å²) in [7, 11) is 0.867. The standard InChI is InChI=1S/C13H27NOSi/c1-2-14-13(15-16,11-7-3-4-8-11)12-9-5-6-10-12/h11-12,14H,2-10H2,1,16H3. The zero-order chi connectivity index (χ0) is 11.4. The SMILES string of the molecule is CCNC(O[SiH3])(C1CCCC1)C1CCCC1. The van der Waals surface area contributed by atoms with Crippen LogP contribution in [0.25, 0.3) is 0 Å². The van der Waals surface area contributed by atoms with E-state index >= 15 is 0 Å². The highest BCUT2D eigenvalue weighted by molar-refractivity contribution is 5.98. The molecule has 2 aliphatic carbocycles. The molecule has 16 heavy (non-hydrogen) atoms. The van der Waals surface area contributed by atoms with Gasteiger partial charge >= 0.3 is 0 Å². The van der Waals surface area contributed by atoms with Crippen molar-refractivity contribution < 1.29 is 4.43 Å². The Morgan fingerprint density at radius 1 is 1.06 bits per heavy atom. The Hall–Kier alpha value is 0.137. The van der Waals surface area contributed by atoms with Gasteiger partial charge in [0.1, 0.15) is 16.2 Å². The molecule has 0 spiro atoms. The molecule has 2 saturated carbocycles. The molecule has 3 heteroatoms. The molecule has 0 heterocycles. The van der Waals surface area contributed by atoms with Crippen molar-refractivity contribution in [1.82, 2.24) is 5.32 Å². The normalized spacial score (nSPS) is 24.6.